The fourth-order valence-electron chi connectivity index (χ4n) is 1.38. The fourth-order valence-corrected chi connectivity index (χ4v) is 1.38. The van der Waals surface area contributed by atoms with Crippen molar-refractivity contribution in [3.8, 4) is 5.75 Å². The lowest BCUT2D eigenvalue weighted by atomic mass is 10.2. The summed E-state index contributed by atoms with van der Waals surface area (Å²) >= 11 is 0. The van der Waals surface area contributed by atoms with Gasteiger partial charge >= 0.3 is 0 Å². The Morgan fingerprint density at radius 2 is 2.06 bits per heavy atom. The van der Waals surface area contributed by atoms with E-state index in [0.717, 1.165) is 17.7 Å². The summed E-state index contributed by atoms with van der Waals surface area (Å²) in [5.74, 6) is 0.837. The van der Waals surface area contributed by atoms with Crippen molar-refractivity contribution in [1.29, 1.82) is 0 Å². The molecule has 1 aromatic carbocycles. The van der Waals surface area contributed by atoms with Crippen molar-refractivity contribution >= 4 is 6.21 Å². The highest BCUT2D eigenvalue weighted by Crippen LogP contribution is 2.18. The second-order valence-electron chi connectivity index (χ2n) is 3.96. The Kier molecular flexibility index (Phi) is 4.06. The predicted octanol–water partition coefficient (Wildman–Crippen LogP) is 2.34. The monoisotopic (exact) mass is 244 g/mol. The van der Waals surface area contributed by atoms with Crippen molar-refractivity contribution in [2.75, 3.05) is 0 Å². The number of nitrogens with zero attached hydrogens (tertiary/aromatic N) is 4. The van der Waals surface area contributed by atoms with Gasteiger partial charge in [0, 0.05) is 5.56 Å². The summed E-state index contributed by atoms with van der Waals surface area (Å²) in [6.07, 6.45) is 5.97. The first-order valence-electron chi connectivity index (χ1n) is 5.94. The molecule has 5 heteroatoms. The van der Waals surface area contributed by atoms with Crippen LogP contribution in [0.25, 0.3) is 0 Å². The Morgan fingerprint density at radius 1 is 1.33 bits per heavy atom. The van der Waals surface area contributed by atoms with Crippen molar-refractivity contribution in [3.05, 3.63) is 42.5 Å². The summed E-state index contributed by atoms with van der Waals surface area (Å²) in [5.41, 5.74) is 0.937. The standard InChI is InChI=1S/C13H16N4O/c1-3-11(2)18-13-7-5-4-6-12(13)8-16-17-9-14-15-10-17/h4-11H,3H2,1-2H3/b16-8+/t11-/m1/s1. The first kappa shape index (κ1) is 12.3. The zero-order chi connectivity index (χ0) is 12.8. The smallest absolute Gasteiger partial charge is 0.141 e. The molecule has 0 radical (unpaired) electrons. The van der Waals surface area contributed by atoms with Crippen LogP contribution >= 0.6 is 0 Å². The Morgan fingerprint density at radius 3 is 2.78 bits per heavy atom. The second kappa shape index (κ2) is 5.95. The van der Waals surface area contributed by atoms with Crippen LogP contribution in [0.3, 0.4) is 0 Å². The summed E-state index contributed by atoms with van der Waals surface area (Å²) in [6.45, 7) is 4.15. The molecule has 0 saturated heterocycles. The maximum atomic E-state index is 5.83. The van der Waals surface area contributed by atoms with Gasteiger partial charge in [0.05, 0.1) is 12.3 Å². The molecule has 0 spiro atoms. The van der Waals surface area contributed by atoms with Gasteiger partial charge in [0.15, 0.2) is 0 Å². The lowest BCUT2D eigenvalue weighted by Crippen LogP contribution is -2.11. The maximum Gasteiger partial charge on any atom is 0.141 e. The van der Waals surface area contributed by atoms with Crippen molar-refractivity contribution in [2.45, 2.75) is 26.4 Å². The summed E-state index contributed by atoms with van der Waals surface area (Å²) in [5, 5.41) is 11.6. The molecule has 0 amide bonds. The van der Waals surface area contributed by atoms with Gasteiger partial charge < -0.3 is 4.74 Å². The number of para-hydroxylation sites is 1. The molecule has 0 bridgehead atoms. The topological polar surface area (TPSA) is 52.3 Å². The van der Waals surface area contributed by atoms with Crippen molar-refractivity contribution < 1.29 is 4.74 Å². The number of aromatic nitrogens is 3. The highest BCUT2D eigenvalue weighted by atomic mass is 16.5. The van der Waals surface area contributed by atoms with Crippen LogP contribution in [0.1, 0.15) is 25.8 Å². The van der Waals surface area contributed by atoms with E-state index in [4.69, 9.17) is 4.74 Å². The predicted molar refractivity (Wildman–Crippen MR) is 69.8 cm³/mol. The zero-order valence-electron chi connectivity index (χ0n) is 10.5. The van der Waals surface area contributed by atoms with Crippen molar-refractivity contribution in [1.82, 2.24) is 14.9 Å². The highest BCUT2D eigenvalue weighted by Gasteiger charge is 2.04. The highest BCUT2D eigenvalue weighted by molar-refractivity contribution is 5.83. The summed E-state index contributed by atoms with van der Waals surface area (Å²) in [4.78, 5) is 0. The van der Waals surface area contributed by atoms with Gasteiger partial charge in [-0.1, -0.05) is 19.1 Å². The van der Waals surface area contributed by atoms with Crippen LogP contribution in [-0.2, 0) is 0 Å². The van der Waals surface area contributed by atoms with Gasteiger partial charge in [-0.3, -0.25) is 0 Å². The third kappa shape index (κ3) is 3.16. The molecule has 0 saturated carbocycles. The van der Waals surface area contributed by atoms with Gasteiger partial charge in [-0.05, 0) is 25.5 Å². The normalized spacial score (nSPS) is 12.8. The number of rotatable bonds is 5. The van der Waals surface area contributed by atoms with Gasteiger partial charge in [-0.2, -0.15) is 5.10 Å². The summed E-state index contributed by atoms with van der Waals surface area (Å²) < 4.78 is 7.37. The molecule has 0 unspecified atom stereocenters. The van der Waals surface area contributed by atoms with E-state index in [1.165, 1.54) is 12.7 Å². The summed E-state index contributed by atoms with van der Waals surface area (Å²) in [7, 11) is 0. The average Bonchev–Trinajstić information content (AvgIpc) is 2.91. The lowest BCUT2D eigenvalue weighted by molar-refractivity contribution is 0.217. The molecule has 0 fully saturated rings. The molecule has 0 aliphatic rings. The molecule has 94 valence electrons. The van der Waals surface area contributed by atoms with E-state index in [-0.39, 0.29) is 6.10 Å². The minimum Gasteiger partial charge on any atom is -0.490 e. The van der Waals surface area contributed by atoms with Crippen LogP contribution in [0.15, 0.2) is 42.0 Å². The number of hydrogen-bond acceptors (Lipinski definition) is 4. The van der Waals surface area contributed by atoms with Gasteiger partial charge in [0.2, 0.25) is 0 Å². The van der Waals surface area contributed by atoms with E-state index in [1.807, 2.05) is 31.2 Å². The first-order valence-corrected chi connectivity index (χ1v) is 5.94. The van der Waals surface area contributed by atoms with Crippen LogP contribution in [0.4, 0.5) is 0 Å². The van der Waals surface area contributed by atoms with Crippen molar-refractivity contribution in [2.24, 2.45) is 5.10 Å². The Labute approximate surface area is 106 Å². The molecule has 18 heavy (non-hydrogen) atoms. The maximum absolute atomic E-state index is 5.83. The van der Waals surface area contributed by atoms with Gasteiger partial charge in [-0.15, -0.1) is 10.2 Å². The molecule has 1 atom stereocenters. The zero-order valence-corrected chi connectivity index (χ0v) is 10.5. The largest absolute Gasteiger partial charge is 0.490 e. The first-order chi connectivity index (χ1) is 8.79. The second-order valence-corrected chi connectivity index (χ2v) is 3.96. The Hall–Kier alpha value is -2.17. The summed E-state index contributed by atoms with van der Waals surface area (Å²) in [6, 6.07) is 7.82. The fraction of sp³-hybridized carbons (Fsp3) is 0.308. The molecule has 1 heterocycles. The minimum absolute atomic E-state index is 0.189. The van der Waals surface area contributed by atoms with E-state index in [1.54, 1.807) is 10.9 Å². The van der Waals surface area contributed by atoms with E-state index >= 15 is 0 Å². The van der Waals surface area contributed by atoms with Crippen molar-refractivity contribution in [3.63, 3.8) is 0 Å². The third-order valence-electron chi connectivity index (χ3n) is 2.56. The number of ether oxygens (including phenoxy) is 1. The lowest BCUT2D eigenvalue weighted by Gasteiger charge is -2.14. The van der Waals surface area contributed by atoms with E-state index in [2.05, 4.69) is 22.2 Å². The van der Waals surface area contributed by atoms with E-state index in [0.29, 0.717) is 0 Å². The SMILES string of the molecule is CC[C@@H](C)Oc1ccccc1/C=N/n1cnnc1. The molecule has 0 aliphatic heterocycles. The van der Waals surface area contributed by atoms with E-state index in [9.17, 15) is 0 Å². The van der Waals surface area contributed by atoms with Crippen LogP contribution in [-0.4, -0.2) is 27.2 Å². The Balaban J connectivity index is 2.17. The Bertz CT molecular complexity index is 507. The molecule has 1 aromatic heterocycles. The molecule has 0 aliphatic carbocycles. The van der Waals surface area contributed by atoms with E-state index < -0.39 is 0 Å². The molecule has 2 aromatic rings. The average molecular weight is 244 g/mol. The molecular weight excluding hydrogens is 228 g/mol. The van der Waals surface area contributed by atoms with Crippen LogP contribution < -0.4 is 4.74 Å². The minimum atomic E-state index is 0.189. The van der Waals surface area contributed by atoms with Gasteiger partial charge in [0.25, 0.3) is 0 Å². The number of benzene rings is 1. The molecular formula is C13H16N4O. The third-order valence-corrected chi connectivity index (χ3v) is 2.56. The van der Waals surface area contributed by atoms with Crippen LogP contribution in [0, 0.1) is 0 Å². The van der Waals surface area contributed by atoms with Gasteiger partial charge in [-0.25, -0.2) is 4.68 Å². The number of hydrogen-bond donors (Lipinski definition) is 0. The molecule has 5 nitrogen and oxygen atoms in total. The van der Waals surface area contributed by atoms with Crippen LogP contribution in [0.5, 0.6) is 5.75 Å². The van der Waals surface area contributed by atoms with Gasteiger partial charge in [0.1, 0.15) is 18.4 Å². The molecule has 2 rings (SSSR count). The quantitative estimate of drug-likeness (QED) is 0.758. The van der Waals surface area contributed by atoms with Crippen LogP contribution in [0.2, 0.25) is 0 Å². The molecule has 0 N–H and O–H groups in total.